The number of nitrogens with one attached hydrogen (secondary N) is 1. The molecule has 0 saturated carbocycles. The largest absolute Gasteiger partial charge is 0.352 e. The van der Waals surface area contributed by atoms with Gasteiger partial charge in [-0.05, 0) is 12.1 Å². The van der Waals surface area contributed by atoms with Crippen LogP contribution in [0.1, 0.15) is 11.9 Å². The van der Waals surface area contributed by atoms with Crippen molar-refractivity contribution < 1.29 is 13.7 Å². The van der Waals surface area contributed by atoms with Gasteiger partial charge >= 0.3 is 0 Å². The molecule has 0 aliphatic carbocycles. The third-order valence-corrected chi connectivity index (χ3v) is 3.20. The maximum atomic E-state index is 11.4. The van der Waals surface area contributed by atoms with Crippen LogP contribution in [0.5, 0.6) is 0 Å². The summed E-state index contributed by atoms with van der Waals surface area (Å²) in [5, 5.41) is 0. The van der Waals surface area contributed by atoms with Crippen LogP contribution >= 0.6 is 0 Å². The van der Waals surface area contributed by atoms with Crippen molar-refractivity contribution in [3.05, 3.63) is 29.8 Å². The summed E-state index contributed by atoms with van der Waals surface area (Å²) in [4.78, 5) is 0.511. The van der Waals surface area contributed by atoms with Crippen LogP contribution in [0.2, 0.25) is 0 Å². The molecule has 0 aliphatic heterocycles. The number of benzene rings is 1. The molecule has 1 atom stereocenters. The first-order chi connectivity index (χ1) is 6.99. The molecule has 84 valence electrons. The first kappa shape index (κ1) is 12.2. The van der Waals surface area contributed by atoms with Crippen LogP contribution < -0.4 is 0 Å². The number of rotatable bonds is 4. The molecule has 15 heavy (non-hydrogen) atoms. The minimum Gasteiger partial charge on any atom is -0.352 e. The lowest BCUT2D eigenvalue weighted by atomic mass is 10.2. The summed E-state index contributed by atoms with van der Waals surface area (Å²) >= 11 is 0. The minimum absolute atomic E-state index is 0.419. The van der Waals surface area contributed by atoms with E-state index in [2.05, 4.69) is 0 Å². The van der Waals surface area contributed by atoms with Crippen molar-refractivity contribution >= 4 is 9.73 Å². The average Bonchev–Trinajstić information content (AvgIpc) is 2.19. The van der Waals surface area contributed by atoms with Crippen molar-refractivity contribution in [1.82, 2.24) is 0 Å². The van der Waals surface area contributed by atoms with Crippen LogP contribution in [0.15, 0.2) is 29.2 Å². The molecule has 0 heterocycles. The summed E-state index contributed by atoms with van der Waals surface area (Å²) < 4.78 is 29.0. The lowest BCUT2D eigenvalue weighted by molar-refractivity contribution is -0.106. The van der Waals surface area contributed by atoms with Crippen LogP contribution in [0, 0.1) is 4.78 Å². The Bertz CT molecular complexity index is 407. The van der Waals surface area contributed by atoms with E-state index in [0.29, 0.717) is 4.90 Å². The molecular weight excluding hydrogens is 214 g/mol. The molecule has 4 nitrogen and oxygen atoms in total. The standard InChI is InChI=1S/C10H15NO3S/c1-13-10(14-2)8-4-6-9(7-5-8)15(3,11)12/h4-7,10-11H,1-3H3. The zero-order valence-electron chi connectivity index (χ0n) is 9.02. The van der Waals surface area contributed by atoms with E-state index in [1.54, 1.807) is 38.5 Å². The second-order valence-electron chi connectivity index (χ2n) is 3.22. The molecule has 0 bridgehead atoms. The lowest BCUT2D eigenvalue weighted by Gasteiger charge is -2.13. The van der Waals surface area contributed by atoms with Gasteiger partial charge in [-0.3, -0.25) is 0 Å². The molecule has 0 radical (unpaired) electrons. The summed E-state index contributed by atoms with van der Waals surface area (Å²) in [6, 6.07) is 6.83. The van der Waals surface area contributed by atoms with Crippen LogP contribution in [0.3, 0.4) is 0 Å². The van der Waals surface area contributed by atoms with Gasteiger partial charge in [0.1, 0.15) is 0 Å². The molecule has 0 aliphatic rings. The van der Waals surface area contributed by atoms with Crippen molar-refractivity contribution in [2.24, 2.45) is 0 Å². The fraction of sp³-hybridized carbons (Fsp3) is 0.400. The molecule has 5 heteroatoms. The first-order valence-corrected chi connectivity index (χ1v) is 6.35. The van der Waals surface area contributed by atoms with Crippen molar-refractivity contribution in [2.45, 2.75) is 11.2 Å². The topological polar surface area (TPSA) is 59.4 Å². The smallest absolute Gasteiger partial charge is 0.183 e. The molecule has 0 saturated heterocycles. The van der Waals surface area contributed by atoms with E-state index in [1.165, 1.54) is 6.26 Å². The maximum absolute atomic E-state index is 11.4. The van der Waals surface area contributed by atoms with Gasteiger partial charge in [-0.1, -0.05) is 12.1 Å². The van der Waals surface area contributed by atoms with Gasteiger partial charge in [-0.15, -0.1) is 0 Å². The maximum Gasteiger partial charge on any atom is 0.183 e. The molecule has 0 fully saturated rings. The molecule has 0 spiro atoms. The highest BCUT2D eigenvalue weighted by Gasteiger charge is 2.09. The Balaban J connectivity index is 3.00. The van der Waals surface area contributed by atoms with Gasteiger partial charge in [0, 0.05) is 30.9 Å². The van der Waals surface area contributed by atoms with Gasteiger partial charge < -0.3 is 9.47 Å². The number of hydrogen-bond acceptors (Lipinski definition) is 4. The molecule has 1 unspecified atom stereocenters. The Morgan fingerprint density at radius 1 is 1.20 bits per heavy atom. The van der Waals surface area contributed by atoms with Gasteiger partial charge in [-0.2, -0.15) is 0 Å². The van der Waals surface area contributed by atoms with Crippen LogP contribution in [0.25, 0.3) is 0 Å². The summed E-state index contributed by atoms with van der Waals surface area (Å²) in [6.07, 6.45) is 0.976. The highest BCUT2D eigenvalue weighted by molar-refractivity contribution is 7.91. The van der Waals surface area contributed by atoms with Gasteiger partial charge in [0.15, 0.2) is 6.29 Å². The predicted octanol–water partition coefficient (Wildman–Crippen LogP) is 2.01. The van der Waals surface area contributed by atoms with E-state index >= 15 is 0 Å². The minimum atomic E-state index is -2.64. The summed E-state index contributed by atoms with van der Waals surface area (Å²) in [6.45, 7) is 0. The predicted molar refractivity (Wildman–Crippen MR) is 58.3 cm³/mol. The van der Waals surface area contributed by atoms with Gasteiger partial charge in [0.2, 0.25) is 0 Å². The number of ether oxygens (including phenoxy) is 2. The monoisotopic (exact) mass is 229 g/mol. The Kier molecular flexibility index (Phi) is 3.84. The fourth-order valence-corrected chi connectivity index (χ4v) is 1.91. The van der Waals surface area contributed by atoms with Gasteiger partial charge in [-0.25, -0.2) is 8.99 Å². The van der Waals surface area contributed by atoms with Gasteiger partial charge in [0.25, 0.3) is 0 Å². The Morgan fingerprint density at radius 2 is 1.67 bits per heavy atom. The summed E-state index contributed by atoms with van der Waals surface area (Å²) in [5.41, 5.74) is 0.840. The third-order valence-electron chi connectivity index (χ3n) is 2.03. The molecule has 1 N–H and O–H groups in total. The normalized spacial score (nSPS) is 15.2. The van der Waals surface area contributed by atoms with Crippen molar-refractivity contribution in [3.63, 3.8) is 0 Å². The lowest BCUT2D eigenvalue weighted by Crippen LogP contribution is -2.04. The van der Waals surface area contributed by atoms with E-state index in [0.717, 1.165) is 5.56 Å². The van der Waals surface area contributed by atoms with Gasteiger partial charge in [0.05, 0.1) is 9.73 Å². The van der Waals surface area contributed by atoms with E-state index < -0.39 is 16.0 Å². The highest BCUT2D eigenvalue weighted by Crippen LogP contribution is 2.19. The molecule has 0 aromatic heterocycles. The fourth-order valence-electron chi connectivity index (χ4n) is 1.25. The zero-order valence-corrected chi connectivity index (χ0v) is 9.84. The summed E-state index contributed by atoms with van der Waals surface area (Å²) in [7, 11) is 0.462. The van der Waals surface area contributed by atoms with Crippen molar-refractivity contribution in [1.29, 1.82) is 4.78 Å². The molecule has 1 aromatic rings. The third kappa shape index (κ3) is 3.02. The van der Waals surface area contributed by atoms with Crippen molar-refractivity contribution in [2.75, 3.05) is 20.5 Å². The second kappa shape index (κ2) is 4.74. The first-order valence-electron chi connectivity index (χ1n) is 4.38. The SMILES string of the molecule is COC(OC)c1ccc(S(C)(=N)=O)cc1. The average molecular weight is 229 g/mol. The Hall–Kier alpha value is -0.910. The van der Waals surface area contributed by atoms with E-state index in [9.17, 15) is 4.21 Å². The van der Waals surface area contributed by atoms with E-state index in [-0.39, 0.29) is 0 Å². The number of methoxy groups -OCH3 is 2. The molecule has 0 amide bonds. The van der Waals surface area contributed by atoms with Crippen molar-refractivity contribution in [3.8, 4) is 0 Å². The van der Waals surface area contributed by atoms with Crippen LogP contribution in [-0.2, 0) is 19.2 Å². The van der Waals surface area contributed by atoms with Crippen LogP contribution in [0.4, 0.5) is 0 Å². The second-order valence-corrected chi connectivity index (χ2v) is 5.37. The molecule has 1 rings (SSSR count). The Labute approximate surface area is 90.2 Å². The number of hydrogen-bond donors (Lipinski definition) is 1. The van der Waals surface area contributed by atoms with E-state index in [4.69, 9.17) is 14.3 Å². The van der Waals surface area contributed by atoms with Crippen LogP contribution in [-0.4, -0.2) is 24.7 Å². The molecular formula is C10H15NO3S. The van der Waals surface area contributed by atoms with E-state index in [1.807, 2.05) is 0 Å². The quantitative estimate of drug-likeness (QED) is 0.803. The zero-order chi connectivity index (χ0) is 11.5. The summed E-state index contributed by atoms with van der Waals surface area (Å²) in [5.74, 6) is 0. The Morgan fingerprint density at radius 3 is 2.00 bits per heavy atom. The molecule has 1 aromatic carbocycles. The highest BCUT2D eigenvalue weighted by atomic mass is 32.2.